The molecule has 144 valence electrons. The fraction of sp³-hybridized carbons (Fsp3) is 0.450. The molecule has 1 aliphatic heterocycles. The molecule has 7 nitrogen and oxygen atoms in total. The Labute approximate surface area is 159 Å². The van der Waals surface area contributed by atoms with Crippen molar-refractivity contribution < 1.29 is 9.59 Å². The molecule has 1 unspecified atom stereocenters. The van der Waals surface area contributed by atoms with Gasteiger partial charge in [-0.15, -0.1) is 0 Å². The molecule has 1 aromatic carbocycles. The highest BCUT2D eigenvalue weighted by Crippen LogP contribution is 2.18. The summed E-state index contributed by atoms with van der Waals surface area (Å²) in [6.45, 7) is 5.54. The van der Waals surface area contributed by atoms with Gasteiger partial charge >= 0.3 is 0 Å². The normalized spacial score (nSPS) is 17.9. The maximum absolute atomic E-state index is 12.8. The smallest absolute Gasteiger partial charge is 0.244 e. The van der Waals surface area contributed by atoms with Gasteiger partial charge in [0.25, 0.3) is 0 Å². The van der Waals surface area contributed by atoms with Crippen molar-refractivity contribution in [1.29, 1.82) is 0 Å². The second kappa shape index (κ2) is 8.24. The van der Waals surface area contributed by atoms with Gasteiger partial charge in [0.2, 0.25) is 11.8 Å². The average molecular weight is 369 g/mol. The van der Waals surface area contributed by atoms with Crippen LogP contribution in [0.25, 0.3) is 0 Å². The van der Waals surface area contributed by atoms with E-state index >= 15 is 0 Å². The van der Waals surface area contributed by atoms with E-state index in [1.54, 1.807) is 11.0 Å². The van der Waals surface area contributed by atoms with Crippen LogP contribution < -0.4 is 5.73 Å². The number of nitrogens with zero attached hydrogens (tertiary/aromatic N) is 4. The average Bonchev–Trinajstić information content (AvgIpc) is 2.88. The highest BCUT2D eigenvalue weighted by molar-refractivity contribution is 5.80. The van der Waals surface area contributed by atoms with Crippen molar-refractivity contribution >= 4 is 17.6 Å². The maximum atomic E-state index is 12.8. The molecule has 0 radical (unpaired) electrons. The minimum Gasteiger partial charge on any atom is -0.384 e. The predicted octanol–water partition coefficient (Wildman–Crippen LogP) is 1.81. The number of rotatable bonds is 5. The molecule has 1 aliphatic rings. The van der Waals surface area contributed by atoms with E-state index in [9.17, 15) is 9.59 Å². The number of aromatic nitrogens is 2. The van der Waals surface area contributed by atoms with Crippen LogP contribution in [0.1, 0.15) is 31.0 Å². The Kier molecular flexibility index (Phi) is 5.78. The summed E-state index contributed by atoms with van der Waals surface area (Å²) >= 11 is 0. The molecule has 7 heteroatoms. The molecule has 2 heterocycles. The highest BCUT2D eigenvalue weighted by Gasteiger charge is 2.30. The second-order valence-corrected chi connectivity index (χ2v) is 7.03. The van der Waals surface area contributed by atoms with Gasteiger partial charge in [-0.05, 0) is 18.9 Å². The third kappa shape index (κ3) is 4.48. The Morgan fingerprint density at radius 1 is 1.30 bits per heavy atom. The van der Waals surface area contributed by atoms with E-state index in [1.165, 1.54) is 4.68 Å². The fourth-order valence-corrected chi connectivity index (χ4v) is 3.52. The Morgan fingerprint density at radius 2 is 2.04 bits per heavy atom. The van der Waals surface area contributed by atoms with Crippen LogP contribution in [0.5, 0.6) is 0 Å². The Morgan fingerprint density at radius 3 is 2.67 bits per heavy atom. The summed E-state index contributed by atoms with van der Waals surface area (Å²) in [6.07, 6.45) is 1.13. The van der Waals surface area contributed by atoms with Crippen molar-refractivity contribution in [1.82, 2.24) is 19.6 Å². The van der Waals surface area contributed by atoms with Crippen LogP contribution in [-0.2, 0) is 22.7 Å². The summed E-state index contributed by atoms with van der Waals surface area (Å²) in [5.41, 5.74) is 7.79. The lowest BCUT2D eigenvalue weighted by Crippen LogP contribution is -2.44. The molecule has 2 amide bonds. The van der Waals surface area contributed by atoms with Crippen molar-refractivity contribution in [3.05, 3.63) is 47.7 Å². The van der Waals surface area contributed by atoms with Crippen LogP contribution in [0.4, 0.5) is 5.82 Å². The lowest BCUT2D eigenvalue weighted by atomic mass is 10.1. The first-order valence-electron chi connectivity index (χ1n) is 9.39. The number of hydrogen-bond acceptors (Lipinski definition) is 4. The Bertz CT molecular complexity index is 802. The van der Waals surface area contributed by atoms with E-state index in [1.807, 2.05) is 42.2 Å². The predicted molar refractivity (Wildman–Crippen MR) is 104 cm³/mol. The molecule has 2 N–H and O–H groups in total. The molecular weight excluding hydrogens is 342 g/mol. The SMILES string of the molecule is CCC1CN(C(=O)Cn2nc(C)cc2N)CCC(=O)N1Cc1ccccc1. The lowest BCUT2D eigenvalue weighted by Gasteiger charge is -2.31. The largest absolute Gasteiger partial charge is 0.384 e. The molecule has 0 aliphatic carbocycles. The van der Waals surface area contributed by atoms with Gasteiger partial charge in [0.15, 0.2) is 0 Å². The Hall–Kier alpha value is -2.83. The topological polar surface area (TPSA) is 84.5 Å². The van der Waals surface area contributed by atoms with Gasteiger partial charge in [0.05, 0.1) is 5.69 Å². The van der Waals surface area contributed by atoms with Gasteiger partial charge < -0.3 is 15.5 Å². The quantitative estimate of drug-likeness (QED) is 0.871. The number of hydrogen-bond donors (Lipinski definition) is 1. The fourth-order valence-electron chi connectivity index (χ4n) is 3.52. The number of nitrogen functional groups attached to an aromatic ring is 1. The summed E-state index contributed by atoms with van der Waals surface area (Å²) in [4.78, 5) is 29.2. The second-order valence-electron chi connectivity index (χ2n) is 7.03. The molecule has 1 atom stereocenters. The molecule has 2 aromatic rings. The molecule has 0 spiro atoms. The van der Waals surface area contributed by atoms with Crippen molar-refractivity contribution in [2.45, 2.75) is 45.8 Å². The lowest BCUT2D eigenvalue weighted by molar-refractivity contribution is -0.133. The summed E-state index contributed by atoms with van der Waals surface area (Å²) < 4.78 is 1.52. The number of benzene rings is 1. The molecule has 0 saturated carbocycles. The number of anilines is 1. The van der Waals surface area contributed by atoms with Crippen LogP contribution in [0.3, 0.4) is 0 Å². The van der Waals surface area contributed by atoms with Gasteiger partial charge in [-0.2, -0.15) is 5.10 Å². The van der Waals surface area contributed by atoms with E-state index in [2.05, 4.69) is 12.0 Å². The molecule has 1 saturated heterocycles. The van der Waals surface area contributed by atoms with E-state index in [0.717, 1.165) is 17.7 Å². The summed E-state index contributed by atoms with van der Waals surface area (Å²) in [6, 6.07) is 11.7. The number of aryl methyl sites for hydroxylation is 1. The van der Waals surface area contributed by atoms with Gasteiger partial charge in [0.1, 0.15) is 12.4 Å². The van der Waals surface area contributed by atoms with Crippen molar-refractivity contribution in [3.8, 4) is 0 Å². The number of amides is 2. The number of carbonyl (C=O) groups is 2. The zero-order chi connectivity index (χ0) is 19.4. The van der Waals surface area contributed by atoms with Crippen LogP contribution in [0, 0.1) is 6.92 Å². The van der Waals surface area contributed by atoms with Gasteiger partial charge in [-0.25, -0.2) is 4.68 Å². The Balaban J connectivity index is 1.72. The van der Waals surface area contributed by atoms with Crippen LogP contribution in [-0.4, -0.2) is 50.5 Å². The number of carbonyl (C=O) groups excluding carboxylic acids is 2. The molecule has 1 aromatic heterocycles. The van der Waals surface area contributed by atoms with Crippen molar-refractivity contribution in [3.63, 3.8) is 0 Å². The molecule has 1 fully saturated rings. The standard InChI is InChI=1S/C20H27N5O2/c1-3-17-13-23(20(27)14-25-18(21)11-15(2)22-25)10-9-19(26)24(17)12-16-7-5-4-6-8-16/h4-8,11,17H,3,9-10,12-14,21H2,1-2H3. The van der Waals surface area contributed by atoms with Crippen LogP contribution >= 0.6 is 0 Å². The maximum Gasteiger partial charge on any atom is 0.244 e. The van der Waals surface area contributed by atoms with Gasteiger partial charge in [0, 0.05) is 38.2 Å². The first-order valence-corrected chi connectivity index (χ1v) is 9.39. The summed E-state index contributed by atoms with van der Waals surface area (Å²) in [5, 5.41) is 4.26. The number of nitrogens with two attached hydrogens (primary N) is 1. The van der Waals surface area contributed by atoms with E-state index in [4.69, 9.17) is 5.73 Å². The van der Waals surface area contributed by atoms with E-state index in [-0.39, 0.29) is 24.4 Å². The van der Waals surface area contributed by atoms with Crippen LogP contribution in [0.2, 0.25) is 0 Å². The minimum atomic E-state index is -0.0578. The summed E-state index contributed by atoms with van der Waals surface area (Å²) in [7, 11) is 0. The van der Waals surface area contributed by atoms with E-state index < -0.39 is 0 Å². The molecular formula is C20H27N5O2. The zero-order valence-corrected chi connectivity index (χ0v) is 16.0. The summed E-state index contributed by atoms with van der Waals surface area (Å²) in [5.74, 6) is 0.512. The van der Waals surface area contributed by atoms with Crippen LogP contribution in [0.15, 0.2) is 36.4 Å². The van der Waals surface area contributed by atoms with Gasteiger partial charge in [-0.3, -0.25) is 9.59 Å². The molecule has 27 heavy (non-hydrogen) atoms. The molecule has 3 rings (SSSR count). The first-order chi connectivity index (χ1) is 13.0. The minimum absolute atomic E-state index is 0.000797. The monoisotopic (exact) mass is 369 g/mol. The third-order valence-electron chi connectivity index (χ3n) is 5.03. The van der Waals surface area contributed by atoms with Crippen molar-refractivity contribution in [2.75, 3.05) is 18.8 Å². The zero-order valence-electron chi connectivity index (χ0n) is 16.0. The van der Waals surface area contributed by atoms with Gasteiger partial charge in [-0.1, -0.05) is 37.3 Å². The first kappa shape index (κ1) is 18.9. The highest BCUT2D eigenvalue weighted by atomic mass is 16.2. The third-order valence-corrected chi connectivity index (χ3v) is 5.03. The van der Waals surface area contributed by atoms with E-state index in [0.29, 0.717) is 31.9 Å². The van der Waals surface area contributed by atoms with Crippen molar-refractivity contribution in [2.24, 2.45) is 0 Å². The molecule has 0 bridgehead atoms.